The van der Waals surface area contributed by atoms with Crippen molar-refractivity contribution in [1.29, 1.82) is 0 Å². The predicted octanol–water partition coefficient (Wildman–Crippen LogP) is 2.36. The molecular formula is C27H27ClF2N6O4. The number of piperazine rings is 1. The van der Waals surface area contributed by atoms with E-state index in [-0.39, 0.29) is 45.3 Å². The molecule has 0 saturated carbocycles. The number of anilines is 1. The fourth-order valence-electron chi connectivity index (χ4n) is 4.74. The molecule has 2 aromatic carbocycles. The quantitative estimate of drug-likeness (QED) is 0.551. The van der Waals surface area contributed by atoms with Crippen LogP contribution in [0.5, 0.6) is 5.75 Å². The van der Waals surface area contributed by atoms with Crippen LogP contribution in [0, 0.1) is 17.6 Å². The molecule has 3 aliphatic rings. The van der Waals surface area contributed by atoms with Crippen LogP contribution in [-0.2, 0) is 9.59 Å². The van der Waals surface area contributed by atoms with Gasteiger partial charge >= 0.3 is 0 Å². The Morgan fingerprint density at radius 2 is 1.82 bits per heavy atom. The van der Waals surface area contributed by atoms with Crippen molar-refractivity contribution in [3.05, 3.63) is 58.1 Å². The number of amides is 3. The first-order valence-electron chi connectivity index (χ1n) is 12.7. The van der Waals surface area contributed by atoms with E-state index in [1.807, 2.05) is 4.90 Å². The van der Waals surface area contributed by atoms with Gasteiger partial charge in [0.05, 0.1) is 35.5 Å². The molecule has 1 unspecified atom stereocenters. The maximum atomic E-state index is 14.5. The minimum absolute atomic E-state index is 0.000956. The third kappa shape index (κ3) is 5.16. The van der Waals surface area contributed by atoms with Gasteiger partial charge < -0.3 is 25.2 Å². The van der Waals surface area contributed by atoms with Crippen molar-refractivity contribution in [2.45, 2.75) is 12.6 Å². The summed E-state index contributed by atoms with van der Waals surface area (Å²) in [6.45, 7) is 4.93. The number of hydrogen-bond donors (Lipinski definition) is 2. The lowest BCUT2D eigenvalue weighted by molar-refractivity contribution is -0.140. The van der Waals surface area contributed by atoms with E-state index in [1.54, 1.807) is 4.90 Å². The predicted molar refractivity (Wildman–Crippen MR) is 145 cm³/mol. The molecular weight excluding hydrogens is 546 g/mol. The van der Waals surface area contributed by atoms with Gasteiger partial charge in [0.1, 0.15) is 0 Å². The number of likely N-dealkylation sites (tertiary alicyclic amines) is 1. The van der Waals surface area contributed by atoms with Crippen LogP contribution in [0.15, 0.2) is 40.3 Å². The highest BCUT2D eigenvalue weighted by atomic mass is 35.5. The van der Waals surface area contributed by atoms with Gasteiger partial charge in [-0.3, -0.25) is 19.4 Å². The monoisotopic (exact) mass is 572 g/mol. The summed E-state index contributed by atoms with van der Waals surface area (Å²) in [5, 5.41) is 5.98. The Hall–Kier alpha value is -3.90. The van der Waals surface area contributed by atoms with E-state index in [1.165, 1.54) is 50.6 Å². The summed E-state index contributed by atoms with van der Waals surface area (Å²) in [6, 6.07) is 7.00. The summed E-state index contributed by atoms with van der Waals surface area (Å²) < 4.78 is 33.4. The standard InChI is InChI=1S/C27H27ClF2N6O4/c1-27(32-12-20(34-27)18-5-6-21(40-2)23(30)22(18)29)26(39)33-16-3-4-17(19(28)11-16)25(38)36-13-15(14-36)24(37)35-9-7-31-8-10-35/h3-6,11-12,15,31H,7-10,13-14H2,1-2H3,(H,33,39). The van der Waals surface area contributed by atoms with Gasteiger partial charge in [-0.25, -0.2) is 9.38 Å². The molecule has 2 fully saturated rings. The van der Waals surface area contributed by atoms with Crippen LogP contribution in [0.2, 0.25) is 5.02 Å². The van der Waals surface area contributed by atoms with Crippen molar-refractivity contribution in [1.82, 2.24) is 15.1 Å². The highest BCUT2D eigenvalue weighted by Gasteiger charge is 2.39. The molecule has 0 bridgehead atoms. The van der Waals surface area contributed by atoms with E-state index in [0.29, 0.717) is 31.9 Å². The fourth-order valence-corrected chi connectivity index (χ4v) is 5.00. The largest absolute Gasteiger partial charge is 0.494 e. The number of rotatable bonds is 6. The van der Waals surface area contributed by atoms with Gasteiger partial charge in [0.2, 0.25) is 17.4 Å². The van der Waals surface area contributed by atoms with Crippen LogP contribution in [-0.4, -0.2) is 91.5 Å². The number of nitrogens with zero attached hydrogens (tertiary/aromatic N) is 4. The molecule has 3 aliphatic heterocycles. The molecule has 0 spiro atoms. The summed E-state index contributed by atoms with van der Waals surface area (Å²) in [4.78, 5) is 50.3. The normalized spacial score (nSPS) is 20.7. The highest BCUT2D eigenvalue weighted by Crippen LogP contribution is 2.29. The van der Waals surface area contributed by atoms with Crippen LogP contribution in [0.3, 0.4) is 0 Å². The first-order valence-corrected chi connectivity index (χ1v) is 13.1. The second-order valence-electron chi connectivity index (χ2n) is 9.85. The second kappa shape index (κ2) is 10.9. The Labute approximate surface area is 234 Å². The number of methoxy groups -OCH3 is 1. The van der Waals surface area contributed by atoms with E-state index in [0.717, 1.165) is 13.1 Å². The molecule has 3 heterocycles. The van der Waals surface area contributed by atoms with Gasteiger partial charge in [0.15, 0.2) is 11.6 Å². The zero-order valence-corrected chi connectivity index (χ0v) is 22.6. The Bertz CT molecular complexity index is 1440. The summed E-state index contributed by atoms with van der Waals surface area (Å²) in [6.07, 6.45) is 1.20. The molecule has 40 heavy (non-hydrogen) atoms. The molecule has 3 amide bonds. The summed E-state index contributed by atoms with van der Waals surface area (Å²) in [7, 11) is 1.22. The zero-order chi connectivity index (χ0) is 28.6. The molecule has 210 valence electrons. The van der Waals surface area contributed by atoms with E-state index in [9.17, 15) is 23.2 Å². The van der Waals surface area contributed by atoms with E-state index >= 15 is 0 Å². The van der Waals surface area contributed by atoms with Gasteiger partial charge in [-0.1, -0.05) is 11.6 Å². The van der Waals surface area contributed by atoms with Crippen LogP contribution in [0.25, 0.3) is 0 Å². The third-order valence-electron chi connectivity index (χ3n) is 7.15. The molecule has 2 N–H and O–H groups in total. The van der Waals surface area contributed by atoms with Crippen molar-refractivity contribution in [3.8, 4) is 5.75 Å². The van der Waals surface area contributed by atoms with Crippen molar-refractivity contribution in [2.24, 2.45) is 15.9 Å². The molecule has 0 aromatic heterocycles. The molecule has 1 atom stereocenters. The average molecular weight is 573 g/mol. The van der Waals surface area contributed by atoms with E-state index in [2.05, 4.69) is 20.6 Å². The van der Waals surface area contributed by atoms with Crippen molar-refractivity contribution < 1.29 is 27.9 Å². The fraction of sp³-hybridized carbons (Fsp3) is 0.370. The SMILES string of the molecule is COc1ccc(C2=NC(C)(C(=O)Nc3ccc(C(=O)N4CC(C(=O)N5CCNCC5)C4)c(Cl)c3)N=C2)c(F)c1F. The topological polar surface area (TPSA) is 116 Å². The smallest absolute Gasteiger partial charge is 0.274 e. The highest BCUT2D eigenvalue weighted by molar-refractivity contribution is 6.40. The van der Waals surface area contributed by atoms with Crippen LogP contribution >= 0.6 is 11.6 Å². The molecule has 2 aromatic rings. The van der Waals surface area contributed by atoms with Crippen LogP contribution in [0.1, 0.15) is 22.8 Å². The van der Waals surface area contributed by atoms with Crippen LogP contribution in [0.4, 0.5) is 14.5 Å². The number of aliphatic imine (C=N–C) groups is 2. The molecule has 0 aliphatic carbocycles. The first kappa shape index (κ1) is 27.7. The molecule has 13 heteroatoms. The number of ether oxygens (including phenoxy) is 1. The second-order valence-corrected chi connectivity index (χ2v) is 10.3. The van der Waals surface area contributed by atoms with Crippen molar-refractivity contribution >= 4 is 46.9 Å². The van der Waals surface area contributed by atoms with Crippen molar-refractivity contribution in [3.63, 3.8) is 0 Å². The summed E-state index contributed by atoms with van der Waals surface area (Å²) in [5.41, 5.74) is -1.26. The Morgan fingerprint density at radius 3 is 2.50 bits per heavy atom. The molecule has 0 radical (unpaired) electrons. The minimum Gasteiger partial charge on any atom is -0.494 e. The number of carbonyl (C=O) groups is 3. The lowest BCUT2D eigenvalue weighted by Gasteiger charge is -2.41. The maximum absolute atomic E-state index is 14.5. The Kier molecular flexibility index (Phi) is 7.56. The van der Waals surface area contributed by atoms with E-state index < -0.39 is 23.2 Å². The van der Waals surface area contributed by atoms with Gasteiger partial charge in [-0.2, -0.15) is 4.39 Å². The van der Waals surface area contributed by atoms with Crippen LogP contribution < -0.4 is 15.4 Å². The maximum Gasteiger partial charge on any atom is 0.274 e. The Balaban J connectivity index is 1.22. The van der Waals surface area contributed by atoms with Gasteiger partial charge in [-0.15, -0.1) is 0 Å². The lowest BCUT2D eigenvalue weighted by Crippen LogP contribution is -2.58. The number of hydrogen-bond acceptors (Lipinski definition) is 7. The molecule has 2 saturated heterocycles. The van der Waals surface area contributed by atoms with Crippen molar-refractivity contribution in [2.75, 3.05) is 51.7 Å². The molecule has 10 nitrogen and oxygen atoms in total. The van der Waals surface area contributed by atoms with E-state index in [4.69, 9.17) is 16.3 Å². The zero-order valence-electron chi connectivity index (χ0n) is 21.8. The number of carbonyl (C=O) groups excluding carboxylic acids is 3. The minimum atomic E-state index is -1.64. The number of nitrogens with one attached hydrogen (secondary N) is 2. The number of halogens is 3. The number of benzene rings is 2. The van der Waals surface area contributed by atoms with Gasteiger partial charge in [0.25, 0.3) is 11.8 Å². The Morgan fingerprint density at radius 1 is 1.10 bits per heavy atom. The lowest BCUT2D eigenvalue weighted by atomic mass is 9.96. The summed E-state index contributed by atoms with van der Waals surface area (Å²) in [5.74, 6) is -3.69. The van der Waals surface area contributed by atoms with Gasteiger partial charge in [0, 0.05) is 50.5 Å². The molecule has 5 rings (SSSR count). The summed E-state index contributed by atoms with van der Waals surface area (Å²) >= 11 is 6.38. The average Bonchev–Trinajstić information content (AvgIpc) is 3.32. The van der Waals surface area contributed by atoms with Gasteiger partial charge in [-0.05, 0) is 37.3 Å². The third-order valence-corrected chi connectivity index (χ3v) is 7.47. The first-order chi connectivity index (χ1) is 19.1.